The second-order valence-corrected chi connectivity index (χ2v) is 16.7. The summed E-state index contributed by atoms with van der Waals surface area (Å²) in [6.07, 6.45) is 5.72. The van der Waals surface area contributed by atoms with Gasteiger partial charge < -0.3 is 14.4 Å². The van der Waals surface area contributed by atoms with Crippen molar-refractivity contribution in [2.45, 2.75) is 13.3 Å². The highest BCUT2D eigenvalue weighted by Crippen LogP contribution is 2.45. The predicted octanol–water partition coefficient (Wildman–Crippen LogP) is 16.7. The maximum Gasteiger partial charge on any atom is 0.0547 e. The third-order valence-corrected chi connectivity index (χ3v) is 12.4. The molecule has 1 aromatic heterocycles. The molecule has 3 heteroatoms. The topological polar surface area (TPSA) is 11.4 Å². The summed E-state index contributed by atoms with van der Waals surface area (Å²) < 4.78 is 2.41. The third-order valence-electron chi connectivity index (χ3n) is 12.4. The largest absolute Gasteiger partial charge is 0.314 e. The fourth-order valence-corrected chi connectivity index (χ4v) is 9.51. The van der Waals surface area contributed by atoms with Gasteiger partial charge in [0, 0.05) is 50.6 Å². The van der Waals surface area contributed by atoms with Gasteiger partial charge in [-0.15, -0.1) is 0 Å². The van der Waals surface area contributed by atoms with E-state index < -0.39 is 0 Å². The second-order valence-electron chi connectivity index (χ2n) is 16.7. The number of fused-ring (bicyclic) bond motifs is 3. The zero-order valence-corrected chi connectivity index (χ0v) is 35.8. The summed E-state index contributed by atoms with van der Waals surface area (Å²) in [5, 5.41) is 2.47. The Kier molecular flexibility index (Phi) is 10.3. The van der Waals surface area contributed by atoms with Crippen molar-refractivity contribution in [1.82, 2.24) is 4.57 Å². The molecular weight excluding hydrogens is 775 g/mol. The lowest BCUT2D eigenvalue weighted by atomic mass is 9.90. The van der Waals surface area contributed by atoms with E-state index in [1.165, 1.54) is 49.8 Å². The fraction of sp³-hybridized carbons (Fsp3) is 0.0492. The van der Waals surface area contributed by atoms with E-state index in [0.29, 0.717) is 5.92 Å². The van der Waals surface area contributed by atoms with Gasteiger partial charge in [0.15, 0.2) is 0 Å². The molecule has 1 heterocycles. The molecule has 3 nitrogen and oxygen atoms in total. The monoisotopic (exact) mass is 821 g/mol. The van der Waals surface area contributed by atoms with Crippen LogP contribution in [0.4, 0.5) is 28.4 Å². The van der Waals surface area contributed by atoms with Crippen molar-refractivity contribution in [3.63, 3.8) is 0 Å². The average molecular weight is 822 g/mol. The summed E-state index contributed by atoms with van der Waals surface area (Å²) in [6.45, 7) is 2.33. The minimum absolute atomic E-state index is 0.341. The van der Waals surface area contributed by atoms with E-state index in [1.54, 1.807) is 0 Å². The first-order valence-electron chi connectivity index (χ1n) is 22.2. The maximum atomic E-state index is 2.49. The van der Waals surface area contributed by atoms with Crippen LogP contribution in [0.15, 0.2) is 254 Å². The summed E-state index contributed by atoms with van der Waals surface area (Å²) in [6, 6.07) is 85.7. The molecule has 0 spiro atoms. The molecule has 1 aliphatic rings. The molecule has 1 unspecified atom stereocenters. The van der Waals surface area contributed by atoms with Gasteiger partial charge in [-0.3, -0.25) is 0 Å². The average Bonchev–Trinajstić information content (AvgIpc) is 3.69. The number of para-hydroxylation sites is 4. The van der Waals surface area contributed by atoms with Crippen LogP contribution in [0, 0.1) is 5.92 Å². The molecule has 0 N–H and O–H groups in total. The van der Waals surface area contributed by atoms with Crippen molar-refractivity contribution in [3.05, 3.63) is 260 Å². The van der Waals surface area contributed by atoms with Gasteiger partial charge >= 0.3 is 0 Å². The number of anilines is 5. The van der Waals surface area contributed by atoms with E-state index in [2.05, 4.69) is 270 Å². The van der Waals surface area contributed by atoms with Crippen molar-refractivity contribution in [3.8, 4) is 27.9 Å². The molecule has 10 aromatic rings. The van der Waals surface area contributed by atoms with Crippen molar-refractivity contribution >= 4 is 55.8 Å². The normalized spacial score (nSPS) is 13.7. The Morgan fingerprint density at radius 1 is 0.375 bits per heavy atom. The molecule has 1 aliphatic carbocycles. The molecule has 1 atom stereocenters. The number of hydrogen-bond donors (Lipinski definition) is 0. The molecule has 306 valence electrons. The van der Waals surface area contributed by atoms with E-state index in [1.807, 2.05) is 0 Å². The molecule has 0 radical (unpaired) electrons. The van der Waals surface area contributed by atoms with Gasteiger partial charge in [0.2, 0.25) is 0 Å². The summed E-state index contributed by atoms with van der Waals surface area (Å²) in [7, 11) is 0. The Morgan fingerprint density at radius 2 is 0.891 bits per heavy atom. The minimum atomic E-state index is 0.341. The smallest absolute Gasteiger partial charge is 0.0547 e. The Bertz CT molecular complexity index is 3300. The summed E-state index contributed by atoms with van der Waals surface area (Å²) >= 11 is 0. The van der Waals surface area contributed by atoms with Gasteiger partial charge in [-0.25, -0.2) is 0 Å². The molecule has 0 fully saturated rings. The first kappa shape index (κ1) is 38.8. The highest BCUT2D eigenvalue weighted by molar-refractivity contribution is 6.10. The lowest BCUT2D eigenvalue weighted by molar-refractivity contribution is 0.699. The van der Waals surface area contributed by atoms with Gasteiger partial charge in [0.05, 0.1) is 11.0 Å². The lowest BCUT2D eigenvalue weighted by Crippen LogP contribution is -2.21. The lowest BCUT2D eigenvalue weighted by Gasteiger charge is -2.34. The van der Waals surface area contributed by atoms with Crippen LogP contribution in [0.1, 0.15) is 18.9 Å². The van der Waals surface area contributed by atoms with Crippen LogP contribution in [0.5, 0.6) is 0 Å². The van der Waals surface area contributed by atoms with Crippen molar-refractivity contribution in [2.75, 3.05) is 9.80 Å². The maximum absolute atomic E-state index is 2.49. The molecule has 0 aliphatic heterocycles. The summed E-state index contributed by atoms with van der Waals surface area (Å²) in [4.78, 5) is 4.90. The van der Waals surface area contributed by atoms with Crippen molar-refractivity contribution < 1.29 is 0 Å². The number of rotatable bonds is 10. The minimum Gasteiger partial charge on any atom is -0.314 e. The van der Waals surface area contributed by atoms with Crippen LogP contribution in [-0.2, 0) is 0 Å². The Morgan fingerprint density at radius 3 is 1.59 bits per heavy atom. The first-order valence-corrected chi connectivity index (χ1v) is 22.2. The van der Waals surface area contributed by atoms with E-state index in [4.69, 9.17) is 0 Å². The fourth-order valence-electron chi connectivity index (χ4n) is 9.51. The molecular formula is C61H47N3. The van der Waals surface area contributed by atoms with E-state index >= 15 is 0 Å². The number of benzene rings is 9. The summed E-state index contributed by atoms with van der Waals surface area (Å²) in [5.41, 5.74) is 17.3. The highest BCUT2D eigenvalue weighted by Gasteiger charge is 2.24. The Labute approximate surface area is 375 Å². The molecule has 0 amide bonds. The zero-order chi connectivity index (χ0) is 42.8. The SMILES string of the molecule is CC1C=C(c2ccccc2)C=C(N(c2ccccc2)c2cc(-c3ccc4c5ccccc5n(-c5ccccc5)c4c3)cc(N(c3ccccc3)c3cccc(-c4ccccc4)c3)c2)C1. The van der Waals surface area contributed by atoms with Gasteiger partial charge in [-0.2, -0.15) is 0 Å². The zero-order valence-electron chi connectivity index (χ0n) is 35.8. The van der Waals surface area contributed by atoms with Crippen LogP contribution in [0.3, 0.4) is 0 Å². The van der Waals surface area contributed by atoms with Gasteiger partial charge in [0.1, 0.15) is 0 Å². The quantitative estimate of drug-likeness (QED) is 0.136. The van der Waals surface area contributed by atoms with Gasteiger partial charge in [-0.05, 0) is 131 Å². The molecule has 64 heavy (non-hydrogen) atoms. The number of allylic oxidation sites excluding steroid dienone is 4. The number of hydrogen-bond acceptors (Lipinski definition) is 2. The van der Waals surface area contributed by atoms with Gasteiger partial charge in [0.25, 0.3) is 0 Å². The van der Waals surface area contributed by atoms with E-state index in [0.717, 1.165) is 51.7 Å². The first-order chi connectivity index (χ1) is 31.6. The third kappa shape index (κ3) is 7.48. The molecule has 0 bridgehead atoms. The van der Waals surface area contributed by atoms with Crippen LogP contribution in [-0.4, -0.2) is 4.57 Å². The van der Waals surface area contributed by atoms with E-state index in [-0.39, 0.29) is 0 Å². The molecule has 0 saturated carbocycles. The van der Waals surface area contributed by atoms with Gasteiger partial charge in [-0.1, -0.05) is 171 Å². The van der Waals surface area contributed by atoms with E-state index in [9.17, 15) is 0 Å². The molecule has 9 aromatic carbocycles. The Hall–Kier alpha value is -8.14. The predicted molar refractivity (Wildman–Crippen MR) is 271 cm³/mol. The van der Waals surface area contributed by atoms with Crippen molar-refractivity contribution in [2.24, 2.45) is 5.92 Å². The standard InChI is InChI=1S/C61H47N3/c1-44-36-49(46-22-9-3-10-23-46)39-55(37-44)63(52-27-13-5-14-28-52)57-41-50(48-34-35-59-58-32-17-18-33-60(58)64(61(59)42-48)53-29-15-6-16-30-53)40-56(43-57)62(51-25-11-4-12-26-51)54-31-19-24-47(38-54)45-20-7-2-8-21-45/h2-36,38-44H,37H2,1H3. The number of nitrogens with zero attached hydrogens (tertiary/aromatic N) is 3. The van der Waals surface area contributed by atoms with Crippen LogP contribution in [0.25, 0.3) is 55.3 Å². The molecule has 0 saturated heterocycles. The summed E-state index contributed by atoms with van der Waals surface area (Å²) in [5.74, 6) is 0.341. The second kappa shape index (κ2) is 17.0. The Balaban J connectivity index is 1.17. The number of aromatic nitrogens is 1. The highest BCUT2D eigenvalue weighted by atomic mass is 15.2. The van der Waals surface area contributed by atoms with Crippen LogP contribution in [0.2, 0.25) is 0 Å². The van der Waals surface area contributed by atoms with Crippen LogP contribution < -0.4 is 9.80 Å². The van der Waals surface area contributed by atoms with Crippen molar-refractivity contribution in [1.29, 1.82) is 0 Å². The molecule has 11 rings (SSSR count). The van der Waals surface area contributed by atoms with Crippen LogP contribution >= 0.6 is 0 Å².